The summed E-state index contributed by atoms with van der Waals surface area (Å²) in [7, 11) is 0. The molecule has 0 aliphatic heterocycles. The number of nitrogens with zero attached hydrogens (tertiary/aromatic N) is 5. The fraction of sp³-hybridized carbons (Fsp3) is 0.0588. The minimum absolute atomic E-state index is 0.695. The molecule has 0 bridgehead atoms. The van der Waals surface area contributed by atoms with E-state index in [1.54, 1.807) is 24.8 Å². The van der Waals surface area contributed by atoms with Gasteiger partial charge in [-0.2, -0.15) is 0 Å². The minimum atomic E-state index is 0.695. The largest absolute Gasteiger partial charge is 0.365 e. The summed E-state index contributed by atoms with van der Waals surface area (Å²) in [5.41, 5.74) is 3.94. The Morgan fingerprint density at radius 2 is 1.61 bits per heavy atom. The Balaban J connectivity index is 1.65. The topological polar surface area (TPSA) is 68.0 Å². The summed E-state index contributed by atoms with van der Waals surface area (Å²) in [5, 5.41) is 7.96. The maximum Gasteiger partial charge on any atom is 0.154 e. The van der Waals surface area contributed by atoms with Crippen molar-refractivity contribution in [2.75, 3.05) is 5.32 Å². The summed E-state index contributed by atoms with van der Waals surface area (Å²) in [4.78, 5) is 12.5. The Kier molecular flexibility index (Phi) is 3.40. The average molecular weight is 302 g/mol. The highest BCUT2D eigenvalue weighted by Crippen LogP contribution is 2.20. The first-order valence-electron chi connectivity index (χ1n) is 7.28. The molecule has 4 rings (SSSR count). The van der Waals surface area contributed by atoms with Crippen LogP contribution in [-0.2, 0) is 6.54 Å². The molecule has 0 aromatic carbocycles. The molecule has 0 saturated heterocycles. The second-order valence-electron chi connectivity index (χ2n) is 5.08. The van der Waals surface area contributed by atoms with Crippen LogP contribution in [0.2, 0.25) is 0 Å². The average Bonchev–Trinajstić information content (AvgIpc) is 3.05. The molecule has 1 N–H and O–H groups in total. The molecule has 112 valence electrons. The first kappa shape index (κ1) is 13.4. The van der Waals surface area contributed by atoms with E-state index in [0.29, 0.717) is 6.54 Å². The van der Waals surface area contributed by atoms with Gasteiger partial charge in [0, 0.05) is 36.9 Å². The molecule has 0 unspecified atom stereocenters. The standard InChI is InChI=1S/C17H14N6/c1-2-17-21-12-15(14-5-9-19-10-6-14)23(17)22-16(1)20-11-13-3-7-18-8-4-13/h1-10,12H,11H2,(H,20,22). The quantitative estimate of drug-likeness (QED) is 0.628. The zero-order valence-corrected chi connectivity index (χ0v) is 12.3. The van der Waals surface area contributed by atoms with Crippen molar-refractivity contribution in [1.29, 1.82) is 0 Å². The number of hydrogen-bond donors (Lipinski definition) is 1. The van der Waals surface area contributed by atoms with E-state index in [9.17, 15) is 0 Å². The molecule has 23 heavy (non-hydrogen) atoms. The molecular weight excluding hydrogens is 288 g/mol. The number of rotatable bonds is 4. The van der Waals surface area contributed by atoms with E-state index in [-0.39, 0.29) is 0 Å². The lowest BCUT2D eigenvalue weighted by molar-refractivity contribution is 0.930. The van der Waals surface area contributed by atoms with Crippen LogP contribution in [-0.4, -0.2) is 24.6 Å². The molecule has 0 atom stereocenters. The van der Waals surface area contributed by atoms with E-state index in [4.69, 9.17) is 0 Å². The Bertz CT molecular complexity index is 918. The van der Waals surface area contributed by atoms with E-state index in [0.717, 1.165) is 28.3 Å². The van der Waals surface area contributed by atoms with Gasteiger partial charge in [0.25, 0.3) is 0 Å². The smallest absolute Gasteiger partial charge is 0.154 e. The van der Waals surface area contributed by atoms with Gasteiger partial charge < -0.3 is 5.32 Å². The van der Waals surface area contributed by atoms with Crippen molar-refractivity contribution in [1.82, 2.24) is 24.6 Å². The van der Waals surface area contributed by atoms with Crippen molar-refractivity contribution in [3.05, 3.63) is 72.9 Å². The Morgan fingerprint density at radius 3 is 2.39 bits per heavy atom. The van der Waals surface area contributed by atoms with Crippen molar-refractivity contribution in [3.63, 3.8) is 0 Å². The SMILES string of the molecule is c1cc(CNc2ccc3ncc(-c4ccncc4)n3n2)ccn1. The zero-order valence-electron chi connectivity index (χ0n) is 12.3. The predicted octanol–water partition coefficient (Wildman–Crippen LogP) is 2.80. The monoisotopic (exact) mass is 302 g/mol. The summed E-state index contributed by atoms with van der Waals surface area (Å²) < 4.78 is 1.84. The fourth-order valence-corrected chi connectivity index (χ4v) is 2.38. The Morgan fingerprint density at radius 1 is 0.870 bits per heavy atom. The molecule has 6 nitrogen and oxygen atoms in total. The minimum Gasteiger partial charge on any atom is -0.365 e. The number of nitrogens with one attached hydrogen (secondary N) is 1. The van der Waals surface area contributed by atoms with Crippen LogP contribution in [0.25, 0.3) is 16.9 Å². The van der Waals surface area contributed by atoms with Gasteiger partial charge in [0.05, 0.1) is 11.9 Å². The fourth-order valence-electron chi connectivity index (χ4n) is 2.38. The first-order valence-corrected chi connectivity index (χ1v) is 7.28. The molecule has 4 aromatic heterocycles. The van der Waals surface area contributed by atoms with Gasteiger partial charge in [-0.25, -0.2) is 9.50 Å². The normalized spacial score (nSPS) is 10.8. The van der Waals surface area contributed by atoms with Gasteiger partial charge >= 0.3 is 0 Å². The molecule has 0 aliphatic rings. The maximum atomic E-state index is 4.63. The van der Waals surface area contributed by atoms with E-state index in [2.05, 4.69) is 25.4 Å². The van der Waals surface area contributed by atoms with E-state index >= 15 is 0 Å². The number of imidazole rings is 1. The lowest BCUT2D eigenvalue weighted by Gasteiger charge is -2.07. The Hall–Kier alpha value is -3.28. The first-order chi connectivity index (χ1) is 11.4. The van der Waals surface area contributed by atoms with Gasteiger partial charge in [0.15, 0.2) is 5.65 Å². The van der Waals surface area contributed by atoms with Gasteiger partial charge in [-0.1, -0.05) is 0 Å². The van der Waals surface area contributed by atoms with E-state index in [1.807, 2.05) is 47.1 Å². The summed E-state index contributed by atoms with van der Waals surface area (Å²) in [6.45, 7) is 0.695. The predicted molar refractivity (Wildman–Crippen MR) is 87.8 cm³/mol. The van der Waals surface area contributed by atoms with Gasteiger partial charge in [0.1, 0.15) is 5.82 Å². The van der Waals surface area contributed by atoms with Crippen LogP contribution in [0.5, 0.6) is 0 Å². The van der Waals surface area contributed by atoms with Crippen molar-refractivity contribution in [2.24, 2.45) is 0 Å². The van der Waals surface area contributed by atoms with Crippen LogP contribution in [0.15, 0.2) is 67.4 Å². The van der Waals surface area contributed by atoms with Crippen molar-refractivity contribution in [3.8, 4) is 11.3 Å². The number of pyridine rings is 2. The molecule has 4 heterocycles. The summed E-state index contributed by atoms with van der Waals surface area (Å²) in [6, 6.07) is 11.7. The Labute approximate surface area is 132 Å². The van der Waals surface area contributed by atoms with Crippen LogP contribution < -0.4 is 5.32 Å². The van der Waals surface area contributed by atoms with Crippen LogP contribution in [0.4, 0.5) is 5.82 Å². The maximum absolute atomic E-state index is 4.63. The van der Waals surface area contributed by atoms with Crippen LogP contribution in [0.3, 0.4) is 0 Å². The van der Waals surface area contributed by atoms with E-state index in [1.165, 1.54) is 0 Å². The highest BCUT2D eigenvalue weighted by atomic mass is 15.3. The molecule has 0 amide bonds. The second-order valence-corrected chi connectivity index (χ2v) is 5.08. The molecule has 0 saturated carbocycles. The molecule has 0 radical (unpaired) electrons. The van der Waals surface area contributed by atoms with Gasteiger partial charge in [-0.15, -0.1) is 5.10 Å². The molecule has 0 spiro atoms. The second kappa shape index (κ2) is 5.84. The van der Waals surface area contributed by atoms with Gasteiger partial charge in [-0.05, 0) is 42.0 Å². The summed E-state index contributed by atoms with van der Waals surface area (Å²) in [6.07, 6.45) is 8.92. The molecule has 0 fully saturated rings. The van der Waals surface area contributed by atoms with Crippen LogP contribution in [0, 0.1) is 0 Å². The third-order valence-electron chi connectivity index (χ3n) is 3.56. The number of hydrogen-bond acceptors (Lipinski definition) is 5. The lowest BCUT2D eigenvalue weighted by atomic mass is 10.2. The molecule has 6 heteroatoms. The van der Waals surface area contributed by atoms with Crippen LogP contribution >= 0.6 is 0 Å². The van der Waals surface area contributed by atoms with Gasteiger partial charge in [-0.3, -0.25) is 9.97 Å². The zero-order chi connectivity index (χ0) is 15.5. The van der Waals surface area contributed by atoms with Crippen molar-refractivity contribution in [2.45, 2.75) is 6.54 Å². The summed E-state index contributed by atoms with van der Waals surface area (Å²) >= 11 is 0. The number of anilines is 1. The number of fused-ring (bicyclic) bond motifs is 1. The molecule has 4 aromatic rings. The highest BCUT2D eigenvalue weighted by molar-refractivity contribution is 5.63. The third kappa shape index (κ3) is 2.74. The number of aromatic nitrogens is 5. The van der Waals surface area contributed by atoms with Crippen molar-refractivity contribution >= 4 is 11.5 Å². The third-order valence-corrected chi connectivity index (χ3v) is 3.56. The molecular formula is C17H14N6. The van der Waals surface area contributed by atoms with E-state index < -0.39 is 0 Å². The summed E-state index contributed by atoms with van der Waals surface area (Å²) in [5.74, 6) is 0.794. The van der Waals surface area contributed by atoms with Crippen molar-refractivity contribution < 1.29 is 0 Å². The van der Waals surface area contributed by atoms with Crippen LogP contribution in [0.1, 0.15) is 5.56 Å². The van der Waals surface area contributed by atoms with Gasteiger partial charge in [0.2, 0.25) is 0 Å². The highest BCUT2D eigenvalue weighted by Gasteiger charge is 2.07. The molecule has 0 aliphatic carbocycles. The lowest BCUT2D eigenvalue weighted by Crippen LogP contribution is -2.04.